The average molecular weight is 259 g/mol. The van der Waals surface area contributed by atoms with Gasteiger partial charge in [0.2, 0.25) is 0 Å². The molecule has 0 unspecified atom stereocenters. The molecule has 0 aliphatic carbocycles. The predicted octanol–water partition coefficient (Wildman–Crippen LogP) is 1.26. The summed E-state index contributed by atoms with van der Waals surface area (Å²) in [4.78, 5) is 20.1. The highest BCUT2D eigenvalue weighted by atomic mass is 16.2. The van der Waals surface area contributed by atoms with Crippen molar-refractivity contribution < 1.29 is 4.79 Å². The van der Waals surface area contributed by atoms with Crippen LogP contribution in [0.25, 0.3) is 0 Å². The molecule has 6 nitrogen and oxygen atoms in total. The zero-order chi connectivity index (χ0) is 13.8. The van der Waals surface area contributed by atoms with Crippen LogP contribution in [0.3, 0.4) is 0 Å². The Kier molecular flexibility index (Phi) is 3.89. The van der Waals surface area contributed by atoms with E-state index in [1.54, 1.807) is 30.3 Å². The topological polar surface area (TPSA) is 72.7 Å². The van der Waals surface area contributed by atoms with Gasteiger partial charge in [0, 0.05) is 19.4 Å². The summed E-state index contributed by atoms with van der Waals surface area (Å²) >= 11 is 0. The van der Waals surface area contributed by atoms with Gasteiger partial charge in [-0.1, -0.05) is 13.8 Å². The molecule has 1 N–H and O–H groups in total. The lowest BCUT2D eigenvalue weighted by molar-refractivity contribution is 0.0941. The van der Waals surface area contributed by atoms with Crippen LogP contribution in [-0.4, -0.2) is 25.7 Å². The first-order valence-electron chi connectivity index (χ1n) is 6.15. The molecule has 0 bridgehead atoms. The third-order valence-electron chi connectivity index (χ3n) is 2.77. The van der Waals surface area contributed by atoms with E-state index in [1.807, 2.05) is 19.9 Å². The molecule has 0 aromatic carbocycles. The number of hydrogen-bond acceptors (Lipinski definition) is 4. The maximum atomic E-state index is 12.1. The SMILES string of the molecule is CC(C)c1cc(C(=O)NCc2cnccn2)n(C)n1. The molecule has 0 saturated carbocycles. The Balaban J connectivity index is 2.04. The Bertz CT molecular complexity index is 562. The van der Waals surface area contributed by atoms with Gasteiger partial charge < -0.3 is 5.32 Å². The Labute approximate surface area is 111 Å². The van der Waals surface area contributed by atoms with Crippen molar-refractivity contribution in [3.05, 3.63) is 41.7 Å². The Morgan fingerprint density at radius 2 is 2.21 bits per heavy atom. The minimum absolute atomic E-state index is 0.160. The van der Waals surface area contributed by atoms with Gasteiger partial charge in [-0.2, -0.15) is 5.10 Å². The summed E-state index contributed by atoms with van der Waals surface area (Å²) in [6.07, 6.45) is 4.83. The number of aryl methyl sites for hydroxylation is 1. The molecule has 6 heteroatoms. The van der Waals surface area contributed by atoms with Crippen molar-refractivity contribution in [1.29, 1.82) is 0 Å². The van der Waals surface area contributed by atoms with E-state index in [2.05, 4.69) is 20.4 Å². The van der Waals surface area contributed by atoms with Crippen LogP contribution in [0.2, 0.25) is 0 Å². The Hall–Kier alpha value is -2.24. The van der Waals surface area contributed by atoms with Crippen molar-refractivity contribution in [2.75, 3.05) is 0 Å². The highest BCUT2D eigenvalue weighted by molar-refractivity contribution is 5.92. The molecule has 100 valence electrons. The van der Waals surface area contributed by atoms with Crippen molar-refractivity contribution in [2.24, 2.45) is 7.05 Å². The lowest BCUT2D eigenvalue weighted by atomic mass is 10.1. The van der Waals surface area contributed by atoms with E-state index >= 15 is 0 Å². The zero-order valence-electron chi connectivity index (χ0n) is 11.3. The lowest BCUT2D eigenvalue weighted by Crippen LogP contribution is -2.25. The fourth-order valence-corrected chi connectivity index (χ4v) is 1.67. The largest absolute Gasteiger partial charge is 0.345 e. The Morgan fingerprint density at radius 1 is 1.42 bits per heavy atom. The first kappa shape index (κ1) is 13.2. The van der Waals surface area contributed by atoms with Crippen LogP contribution in [0, 0.1) is 0 Å². The summed E-state index contributed by atoms with van der Waals surface area (Å²) in [6, 6.07) is 1.82. The van der Waals surface area contributed by atoms with Gasteiger partial charge in [-0.25, -0.2) is 0 Å². The van der Waals surface area contributed by atoms with Crippen molar-refractivity contribution in [3.63, 3.8) is 0 Å². The molecule has 0 spiro atoms. The number of amides is 1. The number of hydrogen-bond donors (Lipinski definition) is 1. The number of rotatable bonds is 4. The van der Waals surface area contributed by atoms with Gasteiger partial charge in [0.05, 0.1) is 24.1 Å². The Morgan fingerprint density at radius 3 is 2.79 bits per heavy atom. The first-order valence-corrected chi connectivity index (χ1v) is 6.15. The third-order valence-corrected chi connectivity index (χ3v) is 2.77. The molecule has 2 rings (SSSR count). The maximum Gasteiger partial charge on any atom is 0.269 e. The summed E-state index contributed by atoms with van der Waals surface area (Å²) in [6.45, 7) is 4.45. The van der Waals surface area contributed by atoms with Crippen LogP contribution in [0.4, 0.5) is 0 Å². The normalized spacial score (nSPS) is 10.7. The molecule has 2 aromatic rings. The number of nitrogens with one attached hydrogen (secondary N) is 1. The fraction of sp³-hybridized carbons (Fsp3) is 0.385. The second kappa shape index (κ2) is 5.60. The fourth-order valence-electron chi connectivity index (χ4n) is 1.67. The summed E-state index contributed by atoms with van der Waals surface area (Å²) in [5.74, 6) is 0.139. The first-order chi connectivity index (χ1) is 9.08. The van der Waals surface area contributed by atoms with Crippen LogP contribution in [0.5, 0.6) is 0 Å². The van der Waals surface area contributed by atoms with Gasteiger partial charge in [-0.3, -0.25) is 19.4 Å². The summed E-state index contributed by atoms with van der Waals surface area (Å²) < 4.78 is 1.60. The van der Waals surface area contributed by atoms with Gasteiger partial charge in [0.15, 0.2) is 0 Å². The quantitative estimate of drug-likeness (QED) is 0.897. The smallest absolute Gasteiger partial charge is 0.269 e. The van der Waals surface area contributed by atoms with E-state index in [0.717, 1.165) is 11.4 Å². The highest BCUT2D eigenvalue weighted by Gasteiger charge is 2.14. The molecule has 1 amide bonds. The van der Waals surface area contributed by atoms with Crippen LogP contribution >= 0.6 is 0 Å². The van der Waals surface area contributed by atoms with Gasteiger partial charge in [0.25, 0.3) is 5.91 Å². The van der Waals surface area contributed by atoms with Gasteiger partial charge in [0.1, 0.15) is 5.69 Å². The summed E-state index contributed by atoms with van der Waals surface area (Å²) in [5.41, 5.74) is 2.18. The highest BCUT2D eigenvalue weighted by Crippen LogP contribution is 2.13. The van der Waals surface area contributed by atoms with Crippen molar-refractivity contribution in [2.45, 2.75) is 26.3 Å². The lowest BCUT2D eigenvalue weighted by Gasteiger charge is -2.04. The van der Waals surface area contributed by atoms with E-state index in [0.29, 0.717) is 18.2 Å². The van der Waals surface area contributed by atoms with Crippen LogP contribution in [0.1, 0.15) is 41.6 Å². The molecular weight excluding hydrogens is 242 g/mol. The molecule has 0 saturated heterocycles. The van der Waals surface area contributed by atoms with Crippen LogP contribution in [-0.2, 0) is 13.6 Å². The minimum atomic E-state index is -0.160. The van der Waals surface area contributed by atoms with Crippen molar-refractivity contribution in [3.8, 4) is 0 Å². The third kappa shape index (κ3) is 3.15. The monoisotopic (exact) mass is 259 g/mol. The predicted molar refractivity (Wildman–Crippen MR) is 70.5 cm³/mol. The number of aromatic nitrogens is 4. The molecular formula is C13H17N5O. The second-order valence-corrected chi connectivity index (χ2v) is 4.61. The van der Waals surface area contributed by atoms with Crippen molar-refractivity contribution in [1.82, 2.24) is 25.1 Å². The van der Waals surface area contributed by atoms with Crippen LogP contribution in [0.15, 0.2) is 24.7 Å². The standard InChI is InChI=1S/C13H17N5O/c1-9(2)11-6-12(18(3)17-11)13(19)16-8-10-7-14-4-5-15-10/h4-7,9H,8H2,1-3H3,(H,16,19). The molecule has 0 radical (unpaired) electrons. The summed E-state index contributed by atoms with van der Waals surface area (Å²) in [7, 11) is 1.77. The van der Waals surface area contributed by atoms with Crippen molar-refractivity contribution >= 4 is 5.91 Å². The number of carbonyl (C=O) groups excluding carboxylic acids is 1. The second-order valence-electron chi connectivity index (χ2n) is 4.61. The van der Waals surface area contributed by atoms with E-state index in [-0.39, 0.29) is 5.91 Å². The molecule has 19 heavy (non-hydrogen) atoms. The molecule has 0 aliphatic heterocycles. The van der Waals surface area contributed by atoms with E-state index in [4.69, 9.17) is 0 Å². The van der Waals surface area contributed by atoms with Gasteiger partial charge in [-0.05, 0) is 12.0 Å². The molecule has 0 aliphatic rings. The van der Waals surface area contributed by atoms with Crippen LogP contribution < -0.4 is 5.32 Å². The van der Waals surface area contributed by atoms with E-state index < -0.39 is 0 Å². The number of carbonyl (C=O) groups is 1. The molecule has 2 heterocycles. The average Bonchev–Trinajstić information content (AvgIpc) is 2.80. The maximum absolute atomic E-state index is 12.1. The molecule has 0 atom stereocenters. The number of nitrogens with zero attached hydrogens (tertiary/aromatic N) is 4. The van der Waals surface area contributed by atoms with Gasteiger partial charge in [-0.15, -0.1) is 0 Å². The molecule has 0 fully saturated rings. The zero-order valence-corrected chi connectivity index (χ0v) is 11.3. The van der Waals surface area contributed by atoms with Gasteiger partial charge >= 0.3 is 0 Å². The van der Waals surface area contributed by atoms with E-state index in [9.17, 15) is 4.79 Å². The minimum Gasteiger partial charge on any atom is -0.345 e. The van der Waals surface area contributed by atoms with E-state index in [1.165, 1.54) is 0 Å². The molecule has 2 aromatic heterocycles. The summed E-state index contributed by atoms with van der Waals surface area (Å²) in [5, 5.41) is 7.12.